The zero-order valence-electron chi connectivity index (χ0n) is 12.2. The number of benzene rings is 1. The Morgan fingerprint density at radius 3 is 2.57 bits per heavy atom. The minimum Gasteiger partial charge on any atom is -0.497 e. The molecule has 0 atom stereocenters. The van der Waals surface area contributed by atoms with Crippen molar-refractivity contribution in [3.63, 3.8) is 0 Å². The molecule has 0 saturated carbocycles. The van der Waals surface area contributed by atoms with Crippen LogP contribution in [0.15, 0.2) is 24.3 Å². The Bertz CT molecular complexity index is 555. The monoisotopic (exact) mass is 290 g/mol. The fourth-order valence-corrected chi connectivity index (χ4v) is 2.21. The molecule has 2 rings (SSSR count). The number of rotatable bonds is 5. The van der Waals surface area contributed by atoms with E-state index >= 15 is 0 Å². The molecule has 0 aliphatic carbocycles. The molecule has 0 aromatic heterocycles. The summed E-state index contributed by atoms with van der Waals surface area (Å²) in [6, 6.07) is 7.14. The molecule has 0 N–H and O–H groups in total. The fourth-order valence-electron chi connectivity index (χ4n) is 2.21. The predicted molar refractivity (Wildman–Crippen MR) is 77.0 cm³/mol. The summed E-state index contributed by atoms with van der Waals surface area (Å²) in [6.07, 6.45) is 0.614. The van der Waals surface area contributed by atoms with Crippen LogP contribution in [0.2, 0.25) is 0 Å². The SMILES string of the molecule is COc1cccc(N(C)C(=O)CCN2C(=O)CCC2=O)c1. The van der Waals surface area contributed by atoms with Gasteiger partial charge in [-0.15, -0.1) is 0 Å². The van der Waals surface area contributed by atoms with Crippen LogP contribution in [0.5, 0.6) is 5.75 Å². The number of nitrogens with zero attached hydrogens (tertiary/aromatic N) is 2. The van der Waals surface area contributed by atoms with Crippen molar-refractivity contribution in [3.05, 3.63) is 24.3 Å². The molecule has 1 saturated heterocycles. The zero-order valence-corrected chi connectivity index (χ0v) is 12.2. The lowest BCUT2D eigenvalue weighted by molar-refractivity contribution is -0.138. The maximum atomic E-state index is 12.1. The number of hydrogen-bond acceptors (Lipinski definition) is 4. The standard InChI is InChI=1S/C15H18N2O4/c1-16(11-4-3-5-12(10-11)21-2)13(18)8-9-17-14(19)6-7-15(17)20/h3-5,10H,6-9H2,1-2H3. The van der Waals surface area contributed by atoms with E-state index in [1.165, 1.54) is 4.90 Å². The van der Waals surface area contributed by atoms with E-state index in [9.17, 15) is 14.4 Å². The van der Waals surface area contributed by atoms with Crippen molar-refractivity contribution in [1.82, 2.24) is 4.90 Å². The third-order valence-corrected chi connectivity index (χ3v) is 3.52. The molecule has 0 spiro atoms. The molecule has 3 amide bonds. The highest BCUT2D eigenvalue weighted by atomic mass is 16.5. The summed E-state index contributed by atoms with van der Waals surface area (Å²) in [5.41, 5.74) is 0.707. The molecule has 6 heteroatoms. The van der Waals surface area contributed by atoms with E-state index in [0.717, 1.165) is 4.90 Å². The van der Waals surface area contributed by atoms with Gasteiger partial charge < -0.3 is 9.64 Å². The van der Waals surface area contributed by atoms with Crippen LogP contribution >= 0.6 is 0 Å². The van der Waals surface area contributed by atoms with E-state index in [1.807, 2.05) is 0 Å². The predicted octanol–water partition coefficient (Wildman–Crippen LogP) is 1.20. The van der Waals surface area contributed by atoms with Gasteiger partial charge >= 0.3 is 0 Å². The third-order valence-electron chi connectivity index (χ3n) is 3.52. The van der Waals surface area contributed by atoms with Crippen LogP contribution in [-0.2, 0) is 14.4 Å². The summed E-state index contributed by atoms with van der Waals surface area (Å²) in [4.78, 5) is 37.8. The lowest BCUT2D eigenvalue weighted by Gasteiger charge is -2.20. The highest BCUT2D eigenvalue weighted by molar-refractivity contribution is 6.02. The van der Waals surface area contributed by atoms with Crippen molar-refractivity contribution in [2.24, 2.45) is 0 Å². The maximum absolute atomic E-state index is 12.1. The molecule has 0 unspecified atom stereocenters. The normalized spacial score (nSPS) is 14.5. The average molecular weight is 290 g/mol. The second-order valence-electron chi connectivity index (χ2n) is 4.84. The first-order valence-electron chi connectivity index (χ1n) is 6.76. The Hall–Kier alpha value is -2.37. The molecule has 1 fully saturated rings. The molecular formula is C15H18N2O4. The van der Waals surface area contributed by atoms with E-state index in [-0.39, 0.29) is 43.5 Å². The molecule has 21 heavy (non-hydrogen) atoms. The number of imide groups is 1. The molecule has 0 radical (unpaired) electrons. The zero-order chi connectivity index (χ0) is 15.4. The smallest absolute Gasteiger partial charge is 0.229 e. The van der Waals surface area contributed by atoms with Gasteiger partial charge in [0.2, 0.25) is 17.7 Å². The van der Waals surface area contributed by atoms with Crippen LogP contribution in [0.1, 0.15) is 19.3 Å². The quantitative estimate of drug-likeness (QED) is 0.764. The van der Waals surface area contributed by atoms with E-state index in [2.05, 4.69) is 0 Å². The fraction of sp³-hybridized carbons (Fsp3) is 0.400. The number of likely N-dealkylation sites (tertiary alicyclic amines) is 1. The second-order valence-corrected chi connectivity index (χ2v) is 4.84. The van der Waals surface area contributed by atoms with Crippen LogP contribution < -0.4 is 9.64 Å². The Balaban J connectivity index is 1.96. The van der Waals surface area contributed by atoms with Crippen LogP contribution in [0.3, 0.4) is 0 Å². The number of methoxy groups -OCH3 is 1. The number of amides is 3. The van der Waals surface area contributed by atoms with Crippen LogP contribution in [-0.4, -0.2) is 43.3 Å². The van der Waals surface area contributed by atoms with Gasteiger partial charge in [-0.2, -0.15) is 0 Å². The molecule has 6 nitrogen and oxygen atoms in total. The van der Waals surface area contributed by atoms with Crippen LogP contribution in [0, 0.1) is 0 Å². The van der Waals surface area contributed by atoms with Crippen molar-refractivity contribution >= 4 is 23.4 Å². The number of carbonyl (C=O) groups excluding carboxylic acids is 3. The maximum Gasteiger partial charge on any atom is 0.229 e. The van der Waals surface area contributed by atoms with Crippen molar-refractivity contribution in [2.75, 3.05) is 25.6 Å². The minimum atomic E-state index is -0.197. The van der Waals surface area contributed by atoms with Crippen LogP contribution in [0.25, 0.3) is 0 Å². The number of carbonyl (C=O) groups is 3. The summed E-state index contributed by atoms with van der Waals surface area (Å²) < 4.78 is 5.12. The molecule has 1 heterocycles. The number of ether oxygens (including phenoxy) is 1. The van der Waals surface area contributed by atoms with Crippen molar-refractivity contribution < 1.29 is 19.1 Å². The van der Waals surface area contributed by atoms with Gasteiger partial charge in [0.25, 0.3) is 0 Å². The van der Waals surface area contributed by atoms with E-state index < -0.39 is 0 Å². The molecule has 1 aliphatic rings. The van der Waals surface area contributed by atoms with E-state index in [0.29, 0.717) is 11.4 Å². The first-order chi connectivity index (χ1) is 10.0. The Morgan fingerprint density at radius 1 is 1.29 bits per heavy atom. The lowest BCUT2D eigenvalue weighted by atomic mass is 10.2. The number of anilines is 1. The van der Waals surface area contributed by atoms with Gasteiger partial charge in [-0.3, -0.25) is 19.3 Å². The van der Waals surface area contributed by atoms with Crippen LogP contribution in [0.4, 0.5) is 5.69 Å². The summed E-state index contributed by atoms with van der Waals surface area (Å²) in [6.45, 7) is 0.144. The number of hydrogen-bond donors (Lipinski definition) is 0. The first kappa shape index (κ1) is 15.0. The van der Waals surface area contributed by atoms with Gasteiger partial charge in [-0.25, -0.2) is 0 Å². The summed E-state index contributed by atoms with van der Waals surface area (Å²) in [5, 5.41) is 0. The van der Waals surface area contributed by atoms with Crippen molar-refractivity contribution in [1.29, 1.82) is 0 Å². The Kier molecular flexibility index (Phi) is 4.57. The van der Waals surface area contributed by atoms with Gasteiger partial charge in [0.1, 0.15) is 5.75 Å². The molecule has 1 aromatic rings. The Labute approximate surface area is 123 Å². The topological polar surface area (TPSA) is 66.9 Å². The summed E-state index contributed by atoms with van der Waals surface area (Å²) in [7, 11) is 3.22. The highest BCUT2D eigenvalue weighted by Gasteiger charge is 2.29. The second kappa shape index (κ2) is 6.39. The van der Waals surface area contributed by atoms with Gasteiger partial charge in [-0.05, 0) is 12.1 Å². The minimum absolute atomic E-state index is 0.116. The van der Waals surface area contributed by atoms with Gasteiger partial charge in [0, 0.05) is 44.6 Å². The lowest BCUT2D eigenvalue weighted by Crippen LogP contribution is -2.35. The van der Waals surface area contributed by atoms with E-state index in [1.54, 1.807) is 38.4 Å². The highest BCUT2D eigenvalue weighted by Crippen LogP contribution is 2.20. The van der Waals surface area contributed by atoms with Gasteiger partial charge in [-0.1, -0.05) is 6.07 Å². The largest absolute Gasteiger partial charge is 0.497 e. The molecule has 1 aliphatic heterocycles. The molecule has 1 aromatic carbocycles. The van der Waals surface area contributed by atoms with Crippen molar-refractivity contribution in [3.8, 4) is 5.75 Å². The Morgan fingerprint density at radius 2 is 1.95 bits per heavy atom. The van der Waals surface area contributed by atoms with Gasteiger partial charge in [0.05, 0.1) is 7.11 Å². The first-order valence-corrected chi connectivity index (χ1v) is 6.76. The van der Waals surface area contributed by atoms with Crippen molar-refractivity contribution in [2.45, 2.75) is 19.3 Å². The molecule has 0 bridgehead atoms. The molecular weight excluding hydrogens is 272 g/mol. The van der Waals surface area contributed by atoms with Gasteiger partial charge in [0.15, 0.2) is 0 Å². The average Bonchev–Trinajstić information content (AvgIpc) is 2.83. The summed E-state index contributed by atoms with van der Waals surface area (Å²) >= 11 is 0. The third kappa shape index (κ3) is 3.39. The summed E-state index contributed by atoms with van der Waals surface area (Å²) in [5.74, 6) is 0.112. The van der Waals surface area contributed by atoms with E-state index in [4.69, 9.17) is 4.74 Å². The molecule has 112 valence electrons.